The molecule has 1 aromatic carbocycles. The molecule has 88 valence electrons. The highest BCUT2D eigenvalue weighted by molar-refractivity contribution is 6.32. The van der Waals surface area contributed by atoms with Gasteiger partial charge in [-0.1, -0.05) is 11.6 Å². The van der Waals surface area contributed by atoms with Crippen molar-refractivity contribution in [3.8, 4) is 5.75 Å². The van der Waals surface area contributed by atoms with Crippen molar-refractivity contribution >= 4 is 11.6 Å². The van der Waals surface area contributed by atoms with Crippen molar-refractivity contribution in [3.63, 3.8) is 0 Å². The Morgan fingerprint density at radius 3 is 2.88 bits per heavy atom. The molecule has 4 heteroatoms. The number of fused-ring (bicyclic) bond motifs is 1. The van der Waals surface area contributed by atoms with E-state index in [1.54, 1.807) is 6.07 Å². The second kappa shape index (κ2) is 3.91. The maximum absolute atomic E-state index is 9.69. The van der Waals surface area contributed by atoms with Gasteiger partial charge in [0.25, 0.3) is 0 Å². The summed E-state index contributed by atoms with van der Waals surface area (Å²) < 4.78 is 5.75. The Morgan fingerprint density at radius 1 is 1.56 bits per heavy atom. The highest BCUT2D eigenvalue weighted by Gasteiger charge is 2.32. The van der Waals surface area contributed by atoms with Gasteiger partial charge in [0.05, 0.1) is 11.1 Å². The molecule has 1 aliphatic heterocycles. The molecule has 3 N–H and O–H groups in total. The topological polar surface area (TPSA) is 55.5 Å². The summed E-state index contributed by atoms with van der Waals surface area (Å²) in [6.45, 7) is 4.23. The van der Waals surface area contributed by atoms with Crippen LogP contribution in [0.4, 0.5) is 0 Å². The van der Waals surface area contributed by atoms with Gasteiger partial charge in [-0.25, -0.2) is 0 Å². The molecule has 0 saturated heterocycles. The average molecular weight is 242 g/mol. The first-order chi connectivity index (χ1) is 7.43. The number of halogens is 1. The van der Waals surface area contributed by atoms with Crippen LogP contribution in [0.2, 0.25) is 5.02 Å². The number of benzene rings is 1. The van der Waals surface area contributed by atoms with Gasteiger partial charge in [-0.05, 0) is 31.5 Å². The fourth-order valence-corrected chi connectivity index (χ4v) is 2.30. The van der Waals surface area contributed by atoms with E-state index >= 15 is 0 Å². The Kier molecular flexibility index (Phi) is 2.86. The molecular weight excluding hydrogens is 226 g/mol. The third-order valence-electron chi connectivity index (χ3n) is 2.75. The molecule has 0 saturated carbocycles. The number of hydrogen-bond donors (Lipinski definition) is 2. The van der Waals surface area contributed by atoms with Crippen LogP contribution in [0.5, 0.6) is 5.75 Å². The lowest BCUT2D eigenvalue weighted by atomic mass is 9.98. The zero-order valence-corrected chi connectivity index (χ0v) is 10.2. The molecule has 16 heavy (non-hydrogen) atoms. The first-order valence-electron chi connectivity index (χ1n) is 5.32. The second-order valence-corrected chi connectivity index (χ2v) is 5.19. The average Bonchev–Trinajstić information content (AvgIpc) is 2.52. The lowest BCUT2D eigenvalue weighted by Gasteiger charge is -2.17. The van der Waals surface area contributed by atoms with Crippen LogP contribution in [0.25, 0.3) is 0 Å². The summed E-state index contributed by atoms with van der Waals surface area (Å²) in [5, 5.41) is 10.2. The highest BCUT2D eigenvalue weighted by Crippen LogP contribution is 2.41. The molecule has 0 bridgehead atoms. The summed E-state index contributed by atoms with van der Waals surface area (Å²) in [6.07, 6.45) is 0.138. The Hall–Kier alpha value is -0.770. The largest absolute Gasteiger partial charge is 0.486 e. The number of aliphatic hydroxyl groups is 1. The van der Waals surface area contributed by atoms with Gasteiger partial charge in [0, 0.05) is 18.5 Å². The van der Waals surface area contributed by atoms with Crippen molar-refractivity contribution in [3.05, 3.63) is 28.3 Å². The molecule has 0 radical (unpaired) electrons. The van der Waals surface area contributed by atoms with Crippen LogP contribution >= 0.6 is 11.6 Å². The minimum atomic E-state index is -0.661. The first kappa shape index (κ1) is 11.7. The third-order valence-corrected chi connectivity index (χ3v) is 3.03. The summed E-state index contributed by atoms with van der Waals surface area (Å²) in [4.78, 5) is 0. The Bertz CT molecular complexity index is 418. The Labute approximate surface area is 100 Å². The maximum atomic E-state index is 9.69. The second-order valence-electron chi connectivity index (χ2n) is 4.78. The van der Waals surface area contributed by atoms with E-state index in [9.17, 15) is 5.11 Å². The Morgan fingerprint density at radius 2 is 2.25 bits per heavy atom. The molecule has 0 spiro atoms. The van der Waals surface area contributed by atoms with E-state index in [4.69, 9.17) is 22.1 Å². The highest BCUT2D eigenvalue weighted by atomic mass is 35.5. The lowest BCUT2D eigenvalue weighted by molar-refractivity contribution is 0.138. The van der Waals surface area contributed by atoms with Crippen LogP contribution < -0.4 is 10.5 Å². The molecule has 1 heterocycles. The van der Waals surface area contributed by atoms with Crippen LogP contribution in [0.15, 0.2) is 12.1 Å². The van der Waals surface area contributed by atoms with Gasteiger partial charge < -0.3 is 15.6 Å². The number of hydrogen-bond acceptors (Lipinski definition) is 3. The minimum absolute atomic E-state index is 0.194. The molecule has 3 nitrogen and oxygen atoms in total. The van der Waals surface area contributed by atoms with E-state index < -0.39 is 6.10 Å². The minimum Gasteiger partial charge on any atom is -0.486 e. The predicted molar refractivity (Wildman–Crippen MR) is 63.9 cm³/mol. The number of ether oxygens (including phenoxy) is 1. The third kappa shape index (κ3) is 2.03. The van der Waals surface area contributed by atoms with E-state index in [2.05, 4.69) is 0 Å². The smallest absolute Gasteiger partial charge is 0.142 e. The number of aliphatic hydroxyl groups excluding tert-OH is 1. The van der Waals surface area contributed by atoms with Crippen molar-refractivity contribution < 1.29 is 9.84 Å². The van der Waals surface area contributed by atoms with E-state index in [-0.39, 0.29) is 12.1 Å². The van der Waals surface area contributed by atoms with Crippen LogP contribution in [0, 0.1) is 0 Å². The van der Waals surface area contributed by atoms with Gasteiger partial charge in [0.1, 0.15) is 11.4 Å². The van der Waals surface area contributed by atoms with Crippen LogP contribution in [-0.4, -0.2) is 17.3 Å². The van der Waals surface area contributed by atoms with Crippen LogP contribution in [0.1, 0.15) is 31.1 Å². The SMILES string of the molecule is CC1(C)Cc2cc(C(O)CN)cc(Cl)c2O1. The van der Waals surface area contributed by atoms with E-state index in [0.717, 1.165) is 23.3 Å². The van der Waals surface area contributed by atoms with Gasteiger partial charge in [0.15, 0.2) is 0 Å². The van der Waals surface area contributed by atoms with E-state index in [1.165, 1.54) is 0 Å². The summed E-state index contributed by atoms with van der Waals surface area (Å²) in [6, 6.07) is 3.65. The first-order valence-corrected chi connectivity index (χ1v) is 5.70. The monoisotopic (exact) mass is 241 g/mol. The molecule has 0 aromatic heterocycles. The molecule has 0 fully saturated rings. The lowest BCUT2D eigenvalue weighted by Crippen LogP contribution is -2.24. The number of nitrogens with two attached hydrogens (primary N) is 1. The molecule has 0 amide bonds. The molecule has 1 aromatic rings. The standard InChI is InChI=1S/C12H16ClNO2/c1-12(2)5-8-3-7(10(15)6-14)4-9(13)11(8)16-12/h3-4,10,15H,5-6,14H2,1-2H3. The molecule has 2 rings (SSSR count). The zero-order valence-electron chi connectivity index (χ0n) is 9.46. The van der Waals surface area contributed by atoms with Gasteiger partial charge in [-0.15, -0.1) is 0 Å². The molecule has 1 aliphatic rings. The maximum Gasteiger partial charge on any atom is 0.142 e. The molecular formula is C12H16ClNO2. The fourth-order valence-electron chi connectivity index (χ4n) is 2.02. The predicted octanol–water partition coefficient (Wildman–Crippen LogP) is 2.05. The van der Waals surface area contributed by atoms with E-state index in [1.807, 2.05) is 19.9 Å². The Balaban J connectivity index is 2.42. The molecule has 1 unspecified atom stereocenters. The van der Waals surface area contributed by atoms with Gasteiger partial charge in [0.2, 0.25) is 0 Å². The van der Waals surface area contributed by atoms with Crippen molar-refractivity contribution in [2.24, 2.45) is 5.73 Å². The van der Waals surface area contributed by atoms with Crippen LogP contribution in [-0.2, 0) is 6.42 Å². The quantitative estimate of drug-likeness (QED) is 0.833. The van der Waals surface area contributed by atoms with Crippen molar-refractivity contribution in [2.45, 2.75) is 32.0 Å². The summed E-state index contributed by atoms with van der Waals surface area (Å²) in [7, 11) is 0. The van der Waals surface area contributed by atoms with Crippen molar-refractivity contribution in [1.82, 2.24) is 0 Å². The normalized spacial score (nSPS) is 19.1. The van der Waals surface area contributed by atoms with Crippen molar-refractivity contribution in [1.29, 1.82) is 0 Å². The summed E-state index contributed by atoms with van der Waals surface area (Å²) in [5.41, 5.74) is 7.00. The van der Waals surface area contributed by atoms with Gasteiger partial charge in [-0.2, -0.15) is 0 Å². The molecule has 0 aliphatic carbocycles. The van der Waals surface area contributed by atoms with Gasteiger partial charge in [-0.3, -0.25) is 0 Å². The zero-order chi connectivity index (χ0) is 11.9. The van der Waals surface area contributed by atoms with Crippen molar-refractivity contribution in [2.75, 3.05) is 6.54 Å². The summed E-state index contributed by atoms with van der Waals surface area (Å²) >= 11 is 6.13. The van der Waals surface area contributed by atoms with Gasteiger partial charge >= 0.3 is 0 Å². The number of rotatable bonds is 2. The molecule has 1 atom stereocenters. The summed E-state index contributed by atoms with van der Waals surface area (Å²) in [5.74, 6) is 0.736. The fraction of sp³-hybridized carbons (Fsp3) is 0.500. The van der Waals surface area contributed by atoms with E-state index in [0.29, 0.717) is 5.02 Å². The van der Waals surface area contributed by atoms with Crippen LogP contribution in [0.3, 0.4) is 0 Å².